The number of hydrogen-bond acceptors (Lipinski definition) is 6. The van der Waals surface area contributed by atoms with Gasteiger partial charge in [0.1, 0.15) is 12.3 Å². The number of benzene rings is 1. The van der Waals surface area contributed by atoms with Gasteiger partial charge in [-0.15, -0.1) is 0 Å². The quantitative estimate of drug-likeness (QED) is 0.409. The van der Waals surface area contributed by atoms with E-state index in [1.807, 2.05) is 30.8 Å². The number of methoxy groups -OCH3 is 1. The van der Waals surface area contributed by atoms with Crippen LogP contribution in [0.5, 0.6) is 5.75 Å². The summed E-state index contributed by atoms with van der Waals surface area (Å²) in [5.41, 5.74) is 1.51. The van der Waals surface area contributed by atoms with Crippen LogP contribution in [-0.4, -0.2) is 54.8 Å². The summed E-state index contributed by atoms with van der Waals surface area (Å²) in [5, 5.41) is 0. The van der Waals surface area contributed by atoms with Crippen LogP contribution >= 0.6 is 24.4 Å². The van der Waals surface area contributed by atoms with Gasteiger partial charge in [0.05, 0.1) is 19.8 Å². The van der Waals surface area contributed by atoms with Crippen LogP contribution in [0.25, 0.3) is 0 Å². The first-order valence-corrected chi connectivity index (χ1v) is 10.8. The summed E-state index contributed by atoms with van der Waals surface area (Å²) < 4.78 is 10.3. The molecule has 1 aromatic carbocycles. The number of hydrogen-bond donors (Lipinski definition) is 1. The fourth-order valence-electron chi connectivity index (χ4n) is 2.49. The SMILES string of the molecule is CCSC.COC(=O)CN1C(=O)c2cc(OCCCCS)ccc2C1C. The number of amides is 1. The highest BCUT2D eigenvalue weighted by molar-refractivity contribution is 7.98. The van der Waals surface area contributed by atoms with E-state index in [1.165, 1.54) is 17.8 Å². The minimum absolute atomic E-state index is 0.0384. The Labute approximate surface area is 166 Å². The van der Waals surface area contributed by atoms with Gasteiger partial charge in [0, 0.05) is 5.56 Å². The molecule has 0 bridgehead atoms. The summed E-state index contributed by atoms with van der Waals surface area (Å²) in [7, 11) is 1.32. The van der Waals surface area contributed by atoms with Crippen LogP contribution in [0.3, 0.4) is 0 Å². The molecule has 0 saturated heterocycles. The first-order chi connectivity index (χ1) is 12.5. The summed E-state index contributed by atoms with van der Waals surface area (Å²) in [4.78, 5) is 25.4. The molecule has 7 heteroatoms. The van der Waals surface area contributed by atoms with E-state index in [-0.39, 0.29) is 18.5 Å². The van der Waals surface area contributed by atoms with Crippen molar-refractivity contribution < 1.29 is 19.1 Å². The normalized spacial score (nSPS) is 15.2. The summed E-state index contributed by atoms with van der Waals surface area (Å²) in [6, 6.07) is 5.38. The van der Waals surface area contributed by atoms with E-state index in [0.717, 1.165) is 24.2 Å². The van der Waals surface area contributed by atoms with E-state index in [1.54, 1.807) is 6.07 Å². The van der Waals surface area contributed by atoms with Crippen molar-refractivity contribution in [3.63, 3.8) is 0 Å². The van der Waals surface area contributed by atoms with Crippen LogP contribution in [0.15, 0.2) is 18.2 Å². The molecule has 0 N–H and O–H groups in total. The van der Waals surface area contributed by atoms with Crippen LogP contribution in [0.2, 0.25) is 0 Å². The molecular formula is C19H29NO4S2. The second-order valence-electron chi connectivity index (χ2n) is 5.79. The third-order valence-electron chi connectivity index (χ3n) is 4.07. The van der Waals surface area contributed by atoms with Gasteiger partial charge in [0.15, 0.2) is 0 Å². The molecule has 146 valence electrons. The third kappa shape index (κ3) is 6.43. The fourth-order valence-corrected chi connectivity index (χ4v) is 2.71. The summed E-state index contributed by atoms with van der Waals surface area (Å²) in [5.74, 6) is 2.18. The van der Waals surface area contributed by atoms with Gasteiger partial charge in [0.25, 0.3) is 5.91 Å². The number of unbranched alkanes of at least 4 members (excludes halogenated alkanes) is 1. The van der Waals surface area contributed by atoms with Crippen molar-refractivity contribution >= 4 is 36.3 Å². The molecular weight excluding hydrogens is 370 g/mol. The van der Waals surface area contributed by atoms with E-state index in [4.69, 9.17) is 4.74 Å². The van der Waals surface area contributed by atoms with E-state index in [2.05, 4.69) is 30.5 Å². The summed E-state index contributed by atoms with van der Waals surface area (Å²) in [6.45, 7) is 4.61. The first kappa shape index (κ1) is 22.7. The van der Waals surface area contributed by atoms with Crippen molar-refractivity contribution in [1.29, 1.82) is 0 Å². The molecule has 1 heterocycles. The second-order valence-corrected chi connectivity index (χ2v) is 7.39. The molecule has 1 unspecified atom stereocenters. The summed E-state index contributed by atoms with van der Waals surface area (Å²) >= 11 is 6.01. The molecule has 5 nitrogen and oxygen atoms in total. The number of thioether (sulfide) groups is 1. The number of thiol groups is 1. The van der Waals surface area contributed by atoms with Gasteiger partial charge in [-0.05, 0) is 55.2 Å². The molecule has 0 aliphatic carbocycles. The molecule has 0 saturated carbocycles. The second kappa shape index (κ2) is 12.1. The lowest BCUT2D eigenvalue weighted by molar-refractivity contribution is -0.141. The molecule has 1 aliphatic rings. The Morgan fingerprint density at radius 3 is 2.62 bits per heavy atom. The number of esters is 1. The molecule has 1 aliphatic heterocycles. The number of ether oxygens (including phenoxy) is 2. The zero-order valence-corrected chi connectivity index (χ0v) is 17.7. The van der Waals surface area contributed by atoms with Gasteiger partial charge in [-0.25, -0.2) is 0 Å². The summed E-state index contributed by atoms with van der Waals surface area (Å²) in [6.07, 6.45) is 4.02. The van der Waals surface area contributed by atoms with Crippen LogP contribution in [0, 0.1) is 0 Å². The smallest absolute Gasteiger partial charge is 0.325 e. The van der Waals surface area contributed by atoms with Gasteiger partial charge in [-0.3, -0.25) is 9.59 Å². The number of carbonyl (C=O) groups is 2. The van der Waals surface area contributed by atoms with Gasteiger partial charge in [-0.1, -0.05) is 13.0 Å². The Morgan fingerprint density at radius 1 is 1.35 bits per heavy atom. The highest BCUT2D eigenvalue weighted by atomic mass is 32.2. The zero-order valence-electron chi connectivity index (χ0n) is 16.0. The van der Waals surface area contributed by atoms with E-state index in [0.29, 0.717) is 17.9 Å². The maximum absolute atomic E-state index is 12.4. The topological polar surface area (TPSA) is 55.8 Å². The predicted molar refractivity (Wildman–Crippen MR) is 111 cm³/mol. The monoisotopic (exact) mass is 399 g/mol. The molecule has 0 aromatic heterocycles. The first-order valence-electron chi connectivity index (χ1n) is 8.74. The third-order valence-corrected chi connectivity index (χ3v) is 4.96. The minimum atomic E-state index is -0.420. The predicted octanol–water partition coefficient (Wildman–Crippen LogP) is 3.83. The average Bonchev–Trinajstić information content (AvgIpc) is 2.89. The maximum Gasteiger partial charge on any atom is 0.325 e. The van der Waals surface area contributed by atoms with Crippen molar-refractivity contribution in [2.45, 2.75) is 32.7 Å². The Balaban J connectivity index is 0.000000765. The maximum atomic E-state index is 12.4. The van der Waals surface area contributed by atoms with Gasteiger partial charge in [0.2, 0.25) is 0 Å². The standard InChI is InChI=1S/C16H21NO4S.C3H8S/c1-11-13-6-5-12(21-7-3-4-8-22)9-14(13)16(19)17(11)10-15(18)20-2;1-3-4-2/h5-6,9,11,22H,3-4,7-8,10H2,1-2H3;3H2,1-2H3. The molecule has 0 spiro atoms. The number of carbonyl (C=O) groups excluding carboxylic acids is 2. The van der Waals surface area contributed by atoms with E-state index in [9.17, 15) is 9.59 Å². The number of fused-ring (bicyclic) bond motifs is 1. The largest absolute Gasteiger partial charge is 0.494 e. The van der Waals surface area contributed by atoms with Gasteiger partial charge < -0.3 is 14.4 Å². The van der Waals surface area contributed by atoms with Crippen LogP contribution < -0.4 is 4.74 Å². The lowest BCUT2D eigenvalue weighted by Gasteiger charge is -2.20. The lowest BCUT2D eigenvalue weighted by Crippen LogP contribution is -2.32. The average molecular weight is 400 g/mol. The molecule has 2 rings (SSSR count). The molecule has 1 atom stereocenters. The highest BCUT2D eigenvalue weighted by Gasteiger charge is 2.35. The Kier molecular flexibility index (Phi) is 10.6. The van der Waals surface area contributed by atoms with E-state index >= 15 is 0 Å². The van der Waals surface area contributed by atoms with Crippen LogP contribution in [0.1, 0.15) is 48.7 Å². The van der Waals surface area contributed by atoms with Crippen molar-refractivity contribution in [3.05, 3.63) is 29.3 Å². The minimum Gasteiger partial charge on any atom is -0.494 e. The van der Waals surface area contributed by atoms with Crippen molar-refractivity contribution in [1.82, 2.24) is 4.90 Å². The highest BCUT2D eigenvalue weighted by Crippen LogP contribution is 2.35. The van der Waals surface area contributed by atoms with Crippen LogP contribution in [-0.2, 0) is 9.53 Å². The van der Waals surface area contributed by atoms with Crippen molar-refractivity contribution in [2.75, 3.05) is 38.0 Å². The molecule has 0 radical (unpaired) electrons. The van der Waals surface area contributed by atoms with E-state index < -0.39 is 5.97 Å². The van der Waals surface area contributed by atoms with Crippen LogP contribution in [0.4, 0.5) is 0 Å². The Bertz CT molecular complexity index is 593. The molecule has 1 amide bonds. The zero-order chi connectivity index (χ0) is 19.5. The Hall–Kier alpha value is -1.34. The Morgan fingerprint density at radius 2 is 2.04 bits per heavy atom. The molecule has 26 heavy (non-hydrogen) atoms. The molecule has 1 aromatic rings. The van der Waals surface area contributed by atoms with Crippen molar-refractivity contribution in [3.8, 4) is 5.75 Å². The number of nitrogens with zero attached hydrogens (tertiary/aromatic N) is 1. The van der Waals surface area contributed by atoms with Crippen molar-refractivity contribution in [2.24, 2.45) is 0 Å². The van der Waals surface area contributed by atoms with Gasteiger partial charge in [-0.2, -0.15) is 24.4 Å². The number of rotatable bonds is 8. The lowest BCUT2D eigenvalue weighted by atomic mass is 10.1. The van der Waals surface area contributed by atoms with Gasteiger partial charge >= 0.3 is 5.97 Å². The molecule has 0 fully saturated rings. The fraction of sp³-hybridized carbons (Fsp3) is 0.579.